The third kappa shape index (κ3) is 2.77. The summed E-state index contributed by atoms with van der Waals surface area (Å²) >= 11 is 0. The molecule has 10 aliphatic rings. The molecule has 0 aliphatic carbocycles. The summed E-state index contributed by atoms with van der Waals surface area (Å²) < 4.78 is 0. The van der Waals surface area contributed by atoms with Gasteiger partial charge in [-0.15, -0.1) is 0 Å². The highest BCUT2D eigenvalue weighted by Crippen LogP contribution is 2.78. The molecule has 2 aromatic rings. The van der Waals surface area contributed by atoms with Gasteiger partial charge in [0.15, 0.2) is 4.87 Å². The number of carbonyl (C=O) groups excluding carboxylic acids is 4. The fraction of sp³-hybridized carbons (Fsp3) is 0.500. The minimum absolute atomic E-state index is 0.300. The van der Waals surface area contributed by atoms with E-state index in [0.717, 1.165) is 31.4 Å². The molecule has 50 heavy (non-hydrogen) atoms. The number of rotatable bonds is 3. The second kappa shape index (κ2) is 9.55. The minimum Gasteiger partial charge on any atom is -0.392 e. The largest absolute Gasteiger partial charge is 0.392 e. The molecule has 2 spiro atoms. The monoisotopic (exact) mass is 772 g/mol. The van der Waals surface area contributed by atoms with Crippen LogP contribution in [0.4, 0.5) is 11.4 Å². The van der Waals surface area contributed by atoms with E-state index in [-0.39, 0.29) is 11.8 Å². The molecule has 0 aromatic heterocycles. The zero-order chi connectivity index (χ0) is 35.1. The number of carbonyl (C=O) groups is 4. The first-order valence-electron chi connectivity index (χ1n) is 16.2. The van der Waals surface area contributed by atoms with Gasteiger partial charge in [0.1, 0.15) is 24.5 Å². The normalized spacial score (nSPS) is 44.6. The summed E-state index contributed by atoms with van der Waals surface area (Å²) in [5.41, 5.74) is -1.17. The van der Waals surface area contributed by atoms with Crippen LogP contribution in [0.3, 0.4) is 0 Å². The third-order valence-electron chi connectivity index (χ3n) is 12.7. The van der Waals surface area contributed by atoms with Crippen molar-refractivity contribution < 1.29 is 34.5 Å². The Bertz CT molecular complexity index is 2000. The van der Waals surface area contributed by atoms with Crippen molar-refractivity contribution in [3.05, 3.63) is 59.7 Å². The molecule has 2 unspecified atom stereocenters. The second-order valence-electron chi connectivity index (χ2n) is 14.4. The molecule has 13 nitrogen and oxygen atoms in total. The quantitative estimate of drug-likeness (QED) is 0.286. The van der Waals surface area contributed by atoms with Crippen LogP contribution in [0.25, 0.3) is 0 Å². The first kappa shape index (κ1) is 32.2. The number of benzene rings is 2. The highest BCUT2D eigenvalue weighted by atomic mass is 33.5. The lowest BCUT2D eigenvalue weighted by Gasteiger charge is -2.60. The van der Waals surface area contributed by atoms with Crippen molar-refractivity contribution >= 4 is 88.0 Å². The first-order valence-corrected chi connectivity index (χ1v) is 21.8. The summed E-state index contributed by atoms with van der Waals surface area (Å²) in [4.78, 5) is 58.8. The Balaban J connectivity index is 1.34. The predicted octanol–water partition coefficient (Wildman–Crippen LogP) is 1.59. The van der Waals surface area contributed by atoms with E-state index in [4.69, 9.17) is 0 Å². The van der Waals surface area contributed by atoms with Gasteiger partial charge in [-0.2, -0.15) is 0 Å². The number of likely N-dealkylation sites (N-methyl/N-ethyl adjacent to an activating group) is 2. The molecule has 18 heteroatoms. The van der Waals surface area contributed by atoms with E-state index in [9.17, 15) is 24.9 Å². The molecule has 5 N–H and O–H groups in total. The maximum atomic E-state index is 15.2. The number of hydrogen-bond acceptors (Lipinski definition) is 14. The average Bonchev–Trinajstić information content (AvgIpc) is 3.70. The van der Waals surface area contributed by atoms with E-state index in [0.29, 0.717) is 22.5 Å². The number of para-hydroxylation sites is 2. The Kier molecular flexibility index (Phi) is 6.16. The van der Waals surface area contributed by atoms with Crippen LogP contribution in [0.2, 0.25) is 0 Å². The Morgan fingerprint density at radius 3 is 1.74 bits per heavy atom. The van der Waals surface area contributed by atoms with Crippen molar-refractivity contribution in [2.45, 2.75) is 68.7 Å². The number of fused-ring (bicyclic) bond motifs is 12. The van der Waals surface area contributed by atoms with Gasteiger partial charge in [-0.05, 0) is 71.4 Å². The molecule has 8 saturated heterocycles. The van der Waals surface area contributed by atoms with Crippen molar-refractivity contribution in [2.75, 3.05) is 31.3 Å². The standard InChI is InChI=1S/C32H32N6O7S5/c1-14(2)30-26(45)38-22-28(15-9-5-8-12-18(15)34-22,19(40)31(38,48-47-30)25(44)36(30)4)29-16-10-6-7-11-17(16)33-21(29)37-23(42)27(13-39)35(3)24(43)32(37,20(29)41)49-50-46-27/h5-12,14,19-22,33-34,39-41H,13H2,1-4H3/t19-,20-,21-,22+,27+,28?,29?,30+,31-,32-/m0/s1. The van der Waals surface area contributed by atoms with Crippen LogP contribution in [0.1, 0.15) is 25.0 Å². The molecule has 0 radical (unpaired) electrons. The van der Waals surface area contributed by atoms with E-state index >= 15 is 9.59 Å². The number of nitrogens with zero attached hydrogens (tertiary/aromatic N) is 4. The molecule has 2 aromatic carbocycles. The Morgan fingerprint density at radius 1 is 0.700 bits per heavy atom. The summed E-state index contributed by atoms with van der Waals surface area (Å²) in [6.45, 7) is 3.12. The van der Waals surface area contributed by atoms with Crippen molar-refractivity contribution in [1.29, 1.82) is 0 Å². The zero-order valence-electron chi connectivity index (χ0n) is 27.0. The van der Waals surface area contributed by atoms with Crippen LogP contribution in [-0.4, -0.2) is 123 Å². The summed E-state index contributed by atoms with van der Waals surface area (Å²) in [6.07, 6.45) is -5.59. The molecular formula is C32H32N6O7S5. The van der Waals surface area contributed by atoms with Crippen LogP contribution in [0, 0.1) is 5.92 Å². The fourth-order valence-electron chi connectivity index (χ4n) is 10.5. The summed E-state index contributed by atoms with van der Waals surface area (Å²) in [7, 11) is 8.78. The maximum Gasteiger partial charge on any atom is 0.265 e. The average molecular weight is 773 g/mol. The van der Waals surface area contributed by atoms with E-state index < -0.39 is 79.2 Å². The molecule has 262 valence electrons. The number of hydrogen-bond donors (Lipinski definition) is 5. The van der Waals surface area contributed by atoms with E-state index in [1.807, 2.05) is 56.3 Å². The molecule has 10 aliphatic heterocycles. The highest BCUT2D eigenvalue weighted by molar-refractivity contribution is 9.10. The van der Waals surface area contributed by atoms with Crippen LogP contribution in [0.15, 0.2) is 48.5 Å². The van der Waals surface area contributed by atoms with E-state index in [1.165, 1.54) is 48.2 Å². The lowest BCUT2D eigenvalue weighted by atomic mass is 9.52. The topological polar surface area (TPSA) is 166 Å². The molecular weight excluding hydrogens is 741 g/mol. The van der Waals surface area contributed by atoms with Gasteiger partial charge >= 0.3 is 0 Å². The molecule has 10 heterocycles. The van der Waals surface area contributed by atoms with Gasteiger partial charge in [0.25, 0.3) is 23.6 Å². The van der Waals surface area contributed by atoms with Crippen LogP contribution in [-0.2, 0) is 30.0 Å². The molecule has 8 fully saturated rings. The summed E-state index contributed by atoms with van der Waals surface area (Å²) in [6, 6.07) is 14.6. The van der Waals surface area contributed by atoms with Crippen molar-refractivity contribution in [1.82, 2.24) is 19.6 Å². The first-order chi connectivity index (χ1) is 23.8. The van der Waals surface area contributed by atoms with E-state index in [1.54, 1.807) is 13.1 Å². The van der Waals surface area contributed by atoms with E-state index in [2.05, 4.69) is 10.6 Å². The number of amides is 4. The van der Waals surface area contributed by atoms with Gasteiger partial charge < -0.3 is 35.8 Å². The molecule has 4 amide bonds. The van der Waals surface area contributed by atoms with Crippen molar-refractivity contribution in [3.63, 3.8) is 0 Å². The highest BCUT2D eigenvalue weighted by Gasteiger charge is 2.92. The van der Waals surface area contributed by atoms with Crippen molar-refractivity contribution in [3.8, 4) is 0 Å². The van der Waals surface area contributed by atoms with Gasteiger partial charge in [0.05, 0.1) is 17.4 Å². The Labute approximate surface area is 306 Å². The fourth-order valence-corrected chi connectivity index (χ4v) is 20.6. The third-order valence-corrected chi connectivity index (χ3v) is 21.6. The van der Waals surface area contributed by atoms with Crippen LogP contribution >= 0.6 is 53.0 Å². The number of piperazine rings is 2. The van der Waals surface area contributed by atoms with Gasteiger partial charge in [-0.1, -0.05) is 61.0 Å². The number of nitrogens with one attached hydrogen (secondary N) is 2. The van der Waals surface area contributed by atoms with Crippen LogP contribution < -0.4 is 10.6 Å². The number of aliphatic hydroxyl groups is 3. The Hall–Kier alpha value is -2.45. The predicted molar refractivity (Wildman–Crippen MR) is 193 cm³/mol. The minimum atomic E-state index is -1.91. The number of anilines is 2. The second-order valence-corrected chi connectivity index (χ2v) is 21.4. The van der Waals surface area contributed by atoms with Gasteiger partial charge in [0, 0.05) is 25.5 Å². The Morgan fingerprint density at radius 2 is 1.20 bits per heavy atom. The lowest BCUT2D eigenvalue weighted by molar-refractivity contribution is -0.169. The van der Waals surface area contributed by atoms with Gasteiger partial charge in [-0.25, -0.2) is 0 Å². The summed E-state index contributed by atoms with van der Waals surface area (Å²) in [5, 5.41) is 44.8. The molecule has 4 bridgehead atoms. The zero-order valence-corrected chi connectivity index (χ0v) is 31.1. The molecule has 10 atom stereocenters. The molecule has 12 rings (SSSR count). The summed E-state index contributed by atoms with van der Waals surface area (Å²) in [5.74, 6) is -2.21. The SMILES string of the molecule is CC(C)[C@]12SS[C@]3(C(=O)N1C)[C@@H](O)C1(C45c6ccccc6N[C@H]4N4C(=O)[C@@]6(CO)SSS[C@]4(C(=O)N6C)[C@H]5O)c4ccccc4N[C@@H]1N3C2=O. The van der Waals surface area contributed by atoms with Crippen molar-refractivity contribution in [2.24, 2.45) is 5.92 Å². The van der Waals surface area contributed by atoms with Gasteiger partial charge in [0.2, 0.25) is 14.6 Å². The smallest absolute Gasteiger partial charge is 0.265 e. The molecule has 0 saturated carbocycles. The lowest BCUT2D eigenvalue weighted by Crippen LogP contribution is -2.79. The van der Waals surface area contributed by atoms with Crippen LogP contribution in [0.5, 0.6) is 0 Å². The van der Waals surface area contributed by atoms with Gasteiger partial charge in [-0.3, -0.25) is 29.0 Å². The number of aliphatic hydroxyl groups excluding tert-OH is 3. The maximum absolute atomic E-state index is 15.2.